The van der Waals surface area contributed by atoms with E-state index in [-0.39, 0.29) is 18.1 Å². The van der Waals surface area contributed by atoms with Gasteiger partial charge in [-0.1, -0.05) is 60.7 Å². The van der Waals surface area contributed by atoms with Crippen LogP contribution in [0, 0.1) is 0 Å². The van der Waals surface area contributed by atoms with E-state index in [2.05, 4.69) is 4.99 Å². The topological polar surface area (TPSA) is 94.1 Å². The van der Waals surface area contributed by atoms with E-state index in [0.29, 0.717) is 18.7 Å². The Bertz CT molecular complexity index is 812. The molecule has 1 aliphatic rings. The van der Waals surface area contributed by atoms with Gasteiger partial charge < -0.3 is 14.6 Å². The Hall–Kier alpha value is -2.76. The molecule has 1 heterocycles. The highest BCUT2D eigenvalue weighted by Crippen LogP contribution is 2.27. The molecule has 6 nitrogen and oxygen atoms in total. The van der Waals surface area contributed by atoms with E-state index in [1.165, 1.54) is 0 Å². The number of aliphatic imine (C=N–C) groups is 1. The van der Waals surface area contributed by atoms with Crippen molar-refractivity contribution in [3.05, 3.63) is 71.8 Å². The molecule has 0 bridgehead atoms. The van der Waals surface area contributed by atoms with E-state index in [1.54, 1.807) is 24.3 Å². The number of nitrogens with two attached hydrogens (primary N) is 1. The molecule has 0 aliphatic carbocycles. The zero-order valence-electron chi connectivity index (χ0n) is 14.2. The van der Waals surface area contributed by atoms with Crippen molar-refractivity contribution in [2.45, 2.75) is 18.4 Å². The van der Waals surface area contributed by atoms with Crippen LogP contribution in [0.25, 0.3) is 5.57 Å². The molecular weight excluding hydrogens is 332 g/mol. The molecule has 0 radical (unpaired) electrons. The average molecular weight is 352 g/mol. The first kappa shape index (κ1) is 18.0. The fourth-order valence-corrected chi connectivity index (χ4v) is 2.76. The van der Waals surface area contributed by atoms with E-state index < -0.39 is 11.8 Å². The Morgan fingerprint density at radius 1 is 1.23 bits per heavy atom. The van der Waals surface area contributed by atoms with Gasteiger partial charge in [-0.05, 0) is 11.1 Å². The van der Waals surface area contributed by atoms with Gasteiger partial charge in [0, 0.05) is 0 Å². The molecule has 2 aromatic rings. The third kappa shape index (κ3) is 3.90. The normalized spacial score (nSPS) is 16.8. The Morgan fingerprint density at radius 3 is 2.46 bits per heavy atom. The fraction of sp³-hybridized carbons (Fsp3) is 0.250. The van der Waals surface area contributed by atoms with Crippen molar-refractivity contribution in [1.82, 2.24) is 0 Å². The molecule has 3 rings (SSSR count). The first-order chi connectivity index (χ1) is 12.6. The van der Waals surface area contributed by atoms with Crippen LogP contribution in [0.2, 0.25) is 0 Å². The largest absolute Gasteiger partial charge is 0.476 e. The lowest BCUT2D eigenvalue weighted by Gasteiger charge is -2.32. The molecule has 2 aromatic carbocycles. The highest BCUT2D eigenvalue weighted by atomic mass is 16.5. The fourth-order valence-electron chi connectivity index (χ4n) is 2.76. The monoisotopic (exact) mass is 352 g/mol. The van der Waals surface area contributed by atoms with Crippen LogP contribution in [0.5, 0.6) is 0 Å². The van der Waals surface area contributed by atoms with Crippen molar-refractivity contribution in [1.29, 1.82) is 0 Å². The summed E-state index contributed by atoms with van der Waals surface area (Å²) in [4.78, 5) is 15.8. The summed E-state index contributed by atoms with van der Waals surface area (Å²) in [6.07, 6.45) is -1.19. The smallest absolute Gasteiger partial charge is 0.235 e. The highest BCUT2D eigenvalue weighted by Gasteiger charge is 2.45. The second-order valence-electron chi connectivity index (χ2n) is 5.92. The molecule has 0 amide bonds. The van der Waals surface area contributed by atoms with Crippen LogP contribution in [0.4, 0.5) is 0 Å². The minimum atomic E-state index is -2.09. The minimum Gasteiger partial charge on any atom is -0.476 e. The van der Waals surface area contributed by atoms with Crippen molar-refractivity contribution in [3.63, 3.8) is 0 Å². The van der Waals surface area contributed by atoms with Gasteiger partial charge in [0.1, 0.15) is 18.7 Å². The van der Waals surface area contributed by atoms with E-state index in [0.717, 1.165) is 5.56 Å². The summed E-state index contributed by atoms with van der Waals surface area (Å²) in [5.74, 6) is 1.83. The number of rotatable bonds is 7. The van der Waals surface area contributed by atoms with Crippen LogP contribution in [-0.2, 0) is 20.9 Å². The van der Waals surface area contributed by atoms with E-state index in [9.17, 15) is 9.90 Å². The summed E-state index contributed by atoms with van der Waals surface area (Å²) in [7, 11) is 0. The van der Waals surface area contributed by atoms with Crippen molar-refractivity contribution in [3.8, 4) is 0 Å². The molecule has 134 valence electrons. The van der Waals surface area contributed by atoms with Crippen LogP contribution in [0.15, 0.2) is 65.7 Å². The maximum atomic E-state index is 11.7. The van der Waals surface area contributed by atoms with Gasteiger partial charge in [-0.2, -0.15) is 0 Å². The molecule has 0 saturated carbocycles. The van der Waals surface area contributed by atoms with Crippen LogP contribution >= 0.6 is 0 Å². The summed E-state index contributed by atoms with van der Waals surface area (Å²) in [5, 5.41) is 10.9. The lowest BCUT2D eigenvalue weighted by Crippen LogP contribution is -2.58. The van der Waals surface area contributed by atoms with Crippen molar-refractivity contribution >= 4 is 17.4 Å². The van der Waals surface area contributed by atoms with Crippen molar-refractivity contribution < 1.29 is 19.4 Å². The van der Waals surface area contributed by atoms with Crippen molar-refractivity contribution in [2.24, 2.45) is 10.7 Å². The lowest BCUT2D eigenvalue weighted by atomic mass is 9.94. The van der Waals surface area contributed by atoms with Gasteiger partial charge in [0.2, 0.25) is 11.6 Å². The zero-order valence-corrected chi connectivity index (χ0v) is 14.2. The third-order valence-corrected chi connectivity index (χ3v) is 4.04. The molecule has 6 heteroatoms. The van der Waals surface area contributed by atoms with E-state index in [4.69, 9.17) is 15.2 Å². The maximum Gasteiger partial charge on any atom is 0.235 e. The third-order valence-electron chi connectivity index (χ3n) is 4.04. The SMILES string of the molecule is NC(O)(C1=NCCO1)C(OCc1ccccc1)C(=C=O)c1ccccc1. The Labute approximate surface area is 151 Å². The van der Waals surface area contributed by atoms with Crippen LogP contribution in [0.3, 0.4) is 0 Å². The molecule has 26 heavy (non-hydrogen) atoms. The number of ether oxygens (including phenoxy) is 2. The van der Waals surface area contributed by atoms with Gasteiger partial charge in [-0.15, -0.1) is 0 Å². The standard InChI is InChI=1S/C20H20N2O4/c21-20(24,19-22-11-12-25-19)18(26-14-15-7-3-1-4-8-15)17(13-23)16-9-5-2-6-10-16/h1-10,18,24H,11-12,14,21H2. The van der Waals surface area contributed by atoms with E-state index in [1.807, 2.05) is 42.3 Å². The second kappa shape index (κ2) is 8.08. The number of aliphatic hydroxyl groups is 1. The molecule has 0 fully saturated rings. The zero-order chi connectivity index (χ0) is 18.4. The van der Waals surface area contributed by atoms with E-state index >= 15 is 0 Å². The number of nitrogens with zero attached hydrogens (tertiary/aromatic N) is 1. The number of carbonyl (C=O) groups excluding carboxylic acids is 1. The molecule has 2 atom stereocenters. The van der Waals surface area contributed by atoms with Crippen LogP contribution < -0.4 is 5.73 Å². The molecule has 0 aromatic heterocycles. The predicted molar refractivity (Wildman–Crippen MR) is 98.0 cm³/mol. The second-order valence-corrected chi connectivity index (χ2v) is 5.92. The van der Waals surface area contributed by atoms with Gasteiger partial charge in [-0.3, -0.25) is 5.73 Å². The van der Waals surface area contributed by atoms with Gasteiger partial charge >= 0.3 is 0 Å². The Morgan fingerprint density at radius 2 is 1.88 bits per heavy atom. The van der Waals surface area contributed by atoms with Gasteiger partial charge in [0.05, 0.1) is 18.7 Å². The molecule has 2 unspecified atom stereocenters. The number of hydrogen-bond acceptors (Lipinski definition) is 6. The van der Waals surface area contributed by atoms with Crippen molar-refractivity contribution in [2.75, 3.05) is 13.2 Å². The first-order valence-electron chi connectivity index (χ1n) is 8.28. The average Bonchev–Trinajstić information content (AvgIpc) is 3.22. The molecular formula is C20H20N2O4. The summed E-state index contributed by atoms with van der Waals surface area (Å²) in [5.41, 5.74) is 5.57. The molecule has 1 aliphatic heterocycles. The summed E-state index contributed by atoms with van der Waals surface area (Å²) in [6, 6.07) is 18.2. The summed E-state index contributed by atoms with van der Waals surface area (Å²) < 4.78 is 11.2. The van der Waals surface area contributed by atoms with Crippen LogP contribution in [-0.4, -0.2) is 41.9 Å². The quantitative estimate of drug-likeness (QED) is 0.583. The Balaban J connectivity index is 1.94. The first-order valence-corrected chi connectivity index (χ1v) is 8.28. The van der Waals surface area contributed by atoms with Gasteiger partial charge in [-0.25, -0.2) is 9.79 Å². The van der Waals surface area contributed by atoms with Gasteiger partial charge in [0.25, 0.3) is 0 Å². The maximum absolute atomic E-state index is 11.7. The highest BCUT2D eigenvalue weighted by molar-refractivity contribution is 5.96. The molecule has 3 N–H and O–H groups in total. The van der Waals surface area contributed by atoms with Crippen LogP contribution in [0.1, 0.15) is 11.1 Å². The summed E-state index contributed by atoms with van der Waals surface area (Å²) >= 11 is 0. The number of benzene rings is 2. The minimum absolute atomic E-state index is 0.0424. The molecule has 0 spiro atoms. The summed E-state index contributed by atoms with van der Waals surface area (Å²) in [6.45, 7) is 0.869. The van der Waals surface area contributed by atoms with Gasteiger partial charge in [0.15, 0.2) is 0 Å². The number of hydrogen-bond donors (Lipinski definition) is 2. The molecule has 0 saturated heterocycles. The lowest BCUT2D eigenvalue weighted by molar-refractivity contribution is -0.0519. The Kier molecular flexibility index (Phi) is 5.61. The predicted octanol–water partition coefficient (Wildman–Crippen LogP) is 1.56.